The predicted octanol–water partition coefficient (Wildman–Crippen LogP) is 0.780. The van der Waals surface area contributed by atoms with Gasteiger partial charge in [0.25, 0.3) is 0 Å². The summed E-state index contributed by atoms with van der Waals surface area (Å²) in [4.78, 5) is 6.88. The molecule has 0 bridgehead atoms. The fourth-order valence-electron chi connectivity index (χ4n) is 2.20. The first-order chi connectivity index (χ1) is 8.25. The van der Waals surface area contributed by atoms with Gasteiger partial charge < -0.3 is 10.3 Å². The van der Waals surface area contributed by atoms with Gasteiger partial charge in [-0.15, -0.1) is 0 Å². The molecular formula is C11H18N4OS. The normalized spacial score (nSPS) is 28.2. The molecule has 2 heterocycles. The van der Waals surface area contributed by atoms with Crippen LogP contribution in [0.25, 0.3) is 0 Å². The highest BCUT2D eigenvalue weighted by molar-refractivity contribution is 7.99. The second-order valence-electron chi connectivity index (χ2n) is 5.01. The Morgan fingerprint density at radius 2 is 2.41 bits per heavy atom. The number of hydrogen-bond donors (Lipinski definition) is 1. The maximum absolute atomic E-state index is 5.77. The number of nitrogens with two attached hydrogens (primary N) is 1. The summed E-state index contributed by atoms with van der Waals surface area (Å²) in [5.74, 6) is 3.81. The summed E-state index contributed by atoms with van der Waals surface area (Å²) >= 11 is 1.95. The molecule has 0 spiro atoms. The lowest BCUT2D eigenvalue weighted by molar-refractivity contribution is 0.255. The zero-order valence-corrected chi connectivity index (χ0v) is 10.9. The molecule has 0 amide bonds. The van der Waals surface area contributed by atoms with Gasteiger partial charge in [0.05, 0.1) is 11.5 Å². The van der Waals surface area contributed by atoms with E-state index in [1.165, 1.54) is 5.75 Å². The fraction of sp³-hybridized carbons (Fsp3) is 0.818. The van der Waals surface area contributed by atoms with Crippen molar-refractivity contribution in [2.75, 3.05) is 31.6 Å². The Kier molecular flexibility index (Phi) is 2.88. The van der Waals surface area contributed by atoms with Gasteiger partial charge in [0.1, 0.15) is 0 Å². The molecule has 1 aromatic heterocycles. The molecule has 1 saturated heterocycles. The summed E-state index contributed by atoms with van der Waals surface area (Å²) in [6.45, 7) is 1.70. The van der Waals surface area contributed by atoms with E-state index in [2.05, 4.69) is 22.1 Å². The molecule has 6 heteroatoms. The predicted molar refractivity (Wildman–Crippen MR) is 67.0 cm³/mol. The second kappa shape index (κ2) is 4.26. The van der Waals surface area contributed by atoms with Gasteiger partial charge >= 0.3 is 0 Å². The minimum absolute atomic E-state index is 0.00559. The van der Waals surface area contributed by atoms with Crippen molar-refractivity contribution in [3.63, 3.8) is 0 Å². The van der Waals surface area contributed by atoms with E-state index in [1.54, 1.807) is 0 Å². The molecule has 1 aromatic rings. The van der Waals surface area contributed by atoms with Gasteiger partial charge in [-0.25, -0.2) is 0 Å². The highest BCUT2D eigenvalue weighted by Gasteiger charge is 2.48. The van der Waals surface area contributed by atoms with Crippen molar-refractivity contribution in [3.05, 3.63) is 11.7 Å². The molecule has 2 aliphatic rings. The van der Waals surface area contributed by atoms with E-state index in [9.17, 15) is 0 Å². The molecule has 1 saturated carbocycles. The first-order valence-electron chi connectivity index (χ1n) is 6.07. The zero-order chi connectivity index (χ0) is 11.9. The average molecular weight is 254 g/mol. The highest BCUT2D eigenvalue weighted by Crippen LogP contribution is 2.46. The van der Waals surface area contributed by atoms with Crippen LogP contribution in [0.15, 0.2) is 4.52 Å². The van der Waals surface area contributed by atoms with Crippen LogP contribution in [0.2, 0.25) is 0 Å². The van der Waals surface area contributed by atoms with Gasteiger partial charge in [-0.2, -0.15) is 16.7 Å². The van der Waals surface area contributed by atoms with Crippen LogP contribution in [0, 0.1) is 0 Å². The molecule has 17 heavy (non-hydrogen) atoms. The van der Waals surface area contributed by atoms with Crippen LogP contribution in [0.1, 0.15) is 30.6 Å². The molecule has 2 fully saturated rings. The Balaban J connectivity index is 1.80. The topological polar surface area (TPSA) is 68.2 Å². The van der Waals surface area contributed by atoms with Crippen LogP contribution in [-0.2, 0) is 5.41 Å². The van der Waals surface area contributed by atoms with Crippen LogP contribution < -0.4 is 5.73 Å². The monoisotopic (exact) mass is 254 g/mol. The molecule has 5 nitrogen and oxygen atoms in total. The van der Waals surface area contributed by atoms with Crippen molar-refractivity contribution >= 4 is 11.8 Å². The highest BCUT2D eigenvalue weighted by atomic mass is 32.2. The largest absolute Gasteiger partial charge is 0.339 e. The van der Waals surface area contributed by atoms with Crippen molar-refractivity contribution < 1.29 is 4.52 Å². The lowest BCUT2D eigenvalue weighted by atomic mass is 10.1. The number of aromatic nitrogens is 2. The Morgan fingerprint density at radius 1 is 1.59 bits per heavy atom. The number of thioether (sulfide) groups is 1. The number of rotatable bonds is 3. The third kappa shape index (κ3) is 1.98. The average Bonchev–Trinajstić information content (AvgIpc) is 3.00. The summed E-state index contributed by atoms with van der Waals surface area (Å²) in [6, 6.07) is 0.292. The molecule has 1 atom stereocenters. The Bertz CT molecular complexity index is 404. The molecule has 3 rings (SSSR count). The van der Waals surface area contributed by atoms with Crippen molar-refractivity contribution in [2.24, 2.45) is 5.73 Å². The zero-order valence-electron chi connectivity index (χ0n) is 10.1. The van der Waals surface area contributed by atoms with E-state index < -0.39 is 0 Å². The van der Waals surface area contributed by atoms with Crippen LogP contribution in [-0.4, -0.2) is 46.7 Å². The molecular weight excluding hydrogens is 236 g/mol. The summed E-state index contributed by atoms with van der Waals surface area (Å²) < 4.78 is 5.41. The van der Waals surface area contributed by atoms with Gasteiger partial charge in [-0.05, 0) is 19.9 Å². The second-order valence-corrected chi connectivity index (χ2v) is 6.16. The minimum Gasteiger partial charge on any atom is -0.339 e. The van der Waals surface area contributed by atoms with Gasteiger partial charge in [0, 0.05) is 24.6 Å². The van der Waals surface area contributed by atoms with Crippen LogP contribution in [0.4, 0.5) is 0 Å². The molecule has 1 aliphatic carbocycles. The quantitative estimate of drug-likeness (QED) is 0.859. The van der Waals surface area contributed by atoms with E-state index in [0.717, 1.165) is 36.9 Å². The van der Waals surface area contributed by atoms with Crippen molar-refractivity contribution in [3.8, 4) is 0 Å². The summed E-state index contributed by atoms with van der Waals surface area (Å²) in [5, 5.41) is 4.15. The number of nitrogens with zero attached hydrogens (tertiary/aromatic N) is 3. The van der Waals surface area contributed by atoms with E-state index in [1.807, 2.05) is 11.8 Å². The lowest BCUT2D eigenvalue weighted by Gasteiger charge is -2.29. The molecule has 0 aromatic carbocycles. The molecule has 1 aliphatic heterocycles. The Labute approximate surface area is 105 Å². The van der Waals surface area contributed by atoms with Crippen molar-refractivity contribution in [2.45, 2.75) is 24.3 Å². The van der Waals surface area contributed by atoms with E-state index in [-0.39, 0.29) is 5.41 Å². The smallest absolute Gasteiger partial charge is 0.234 e. The summed E-state index contributed by atoms with van der Waals surface area (Å²) in [7, 11) is 2.12. The third-order valence-corrected chi connectivity index (χ3v) is 4.86. The number of hydrogen-bond acceptors (Lipinski definition) is 6. The van der Waals surface area contributed by atoms with Crippen molar-refractivity contribution in [1.29, 1.82) is 0 Å². The van der Waals surface area contributed by atoms with Crippen molar-refractivity contribution in [1.82, 2.24) is 15.0 Å². The maximum Gasteiger partial charge on any atom is 0.234 e. The Morgan fingerprint density at radius 3 is 3.06 bits per heavy atom. The van der Waals surface area contributed by atoms with E-state index >= 15 is 0 Å². The minimum atomic E-state index is 0.00559. The maximum atomic E-state index is 5.77. The summed E-state index contributed by atoms with van der Waals surface area (Å²) in [5.41, 5.74) is 5.78. The standard InChI is InChI=1S/C11H18N4OS/c1-15-4-5-17-6-8(15)9-13-10(16-14-9)11(7-12)2-3-11/h8H,2-7,12H2,1H3. The van der Waals surface area contributed by atoms with Gasteiger partial charge in [0.2, 0.25) is 5.89 Å². The van der Waals surface area contributed by atoms with Gasteiger partial charge in [-0.1, -0.05) is 5.16 Å². The SMILES string of the molecule is CN1CCSCC1c1noc(C2(CN)CC2)n1. The van der Waals surface area contributed by atoms with Crippen LogP contribution in [0.5, 0.6) is 0 Å². The fourth-order valence-corrected chi connectivity index (χ4v) is 3.41. The lowest BCUT2D eigenvalue weighted by Crippen LogP contribution is -2.33. The molecule has 2 N–H and O–H groups in total. The molecule has 0 radical (unpaired) electrons. The summed E-state index contributed by atoms with van der Waals surface area (Å²) in [6.07, 6.45) is 2.17. The molecule has 1 unspecified atom stereocenters. The van der Waals surface area contributed by atoms with Crippen LogP contribution in [0.3, 0.4) is 0 Å². The Hall–Kier alpha value is -0.590. The first kappa shape index (κ1) is 11.5. The van der Waals surface area contributed by atoms with E-state index in [0.29, 0.717) is 12.6 Å². The molecule has 94 valence electrons. The first-order valence-corrected chi connectivity index (χ1v) is 7.23. The van der Waals surface area contributed by atoms with E-state index in [4.69, 9.17) is 10.3 Å². The van der Waals surface area contributed by atoms with Gasteiger partial charge in [0.15, 0.2) is 5.82 Å². The third-order valence-electron chi connectivity index (χ3n) is 3.83. The van der Waals surface area contributed by atoms with Gasteiger partial charge in [-0.3, -0.25) is 4.90 Å². The van der Waals surface area contributed by atoms with Crippen LogP contribution >= 0.6 is 11.8 Å².